The fourth-order valence-corrected chi connectivity index (χ4v) is 4.73. The van der Waals surface area contributed by atoms with Gasteiger partial charge in [0.05, 0.1) is 47.3 Å². The van der Waals surface area contributed by atoms with Crippen LogP contribution in [0.4, 0.5) is 5.69 Å². The third kappa shape index (κ3) is 5.77. The Kier molecular flexibility index (Phi) is 8.45. The van der Waals surface area contributed by atoms with Crippen molar-refractivity contribution in [2.75, 3.05) is 54.0 Å². The van der Waals surface area contributed by atoms with Crippen molar-refractivity contribution < 1.29 is 28.4 Å². The summed E-state index contributed by atoms with van der Waals surface area (Å²) in [6.45, 7) is 1.06. The highest BCUT2D eigenvalue weighted by molar-refractivity contribution is 7.80. The molecule has 8 nitrogen and oxygen atoms in total. The van der Waals surface area contributed by atoms with Gasteiger partial charge in [-0.2, -0.15) is 0 Å². The molecule has 9 heteroatoms. The maximum Gasteiger partial charge on any atom is 0.174 e. The second kappa shape index (κ2) is 11.9. The van der Waals surface area contributed by atoms with Crippen LogP contribution in [-0.4, -0.2) is 58.7 Å². The van der Waals surface area contributed by atoms with Gasteiger partial charge in [0.2, 0.25) is 0 Å². The number of methoxy groups -OCH3 is 5. The minimum absolute atomic E-state index is 0.178. The lowest BCUT2D eigenvalue weighted by molar-refractivity contribution is 0.190. The summed E-state index contributed by atoms with van der Waals surface area (Å²) in [5.74, 6) is 4.23. The number of rotatable bonds is 9. The highest BCUT2D eigenvalue weighted by atomic mass is 32.1. The van der Waals surface area contributed by atoms with Crippen LogP contribution in [0.1, 0.15) is 17.2 Å². The van der Waals surface area contributed by atoms with Crippen molar-refractivity contribution in [2.45, 2.75) is 12.5 Å². The van der Waals surface area contributed by atoms with Crippen molar-refractivity contribution in [3.63, 3.8) is 0 Å². The summed E-state index contributed by atoms with van der Waals surface area (Å²) in [4.78, 5) is 2.13. The molecule has 0 saturated carbocycles. The molecule has 3 aromatic carbocycles. The first kappa shape index (κ1) is 26.2. The Morgan fingerprint density at radius 3 is 2.05 bits per heavy atom. The predicted octanol–water partition coefficient (Wildman–Crippen LogP) is 5.10. The number of fused-ring (bicyclic) bond motifs is 1. The van der Waals surface area contributed by atoms with Gasteiger partial charge < -0.3 is 38.6 Å². The summed E-state index contributed by atoms with van der Waals surface area (Å²) < 4.78 is 33.6. The van der Waals surface area contributed by atoms with E-state index in [-0.39, 0.29) is 6.04 Å². The molecule has 196 valence electrons. The molecule has 0 bridgehead atoms. The second-order valence-corrected chi connectivity index (χ2v) is 8.73. The lowest BCUT2D eigenvalue weighted by Gasteiger charge is -2.39. The van der Waals surface area contributed by atoms with Crippen LogP contribution in [0.3, 0.4) is 0 Å². The van der Waals surface area contributed by atoms with E-state index in [2.05, 4.69) is 10.2 Å². The van der Waals surface area contributed by atoms with Gasteiger partial charge in [-0.15, -0.1) is 0 Å². The first-order valence-electron chi connectivity index (χ1n) is 11.8. The lowest BCUT2D eigenvalue weighted by Crippen LogP contribution is -2.44. The van der Waals surface area contributed by atoms with Crippen LogP contribution in [0.5, 0.6) is 34.5 Å². The van der Waals surface area contributed by atoms with Gasteiger partial charge in [-0.3, -0.25) is 0 Å². The molecule has 1 atom stereocenters. The summed E-state index contributed by atoms with van der Waals surface area (Å²) in [6, 6.07) is 16.9. The molecule has 1 aliphatic heterocycles. The van der Waals surface area contributed by atoms with E-state index >= 15 is 0 Å². The Balaban J connectivity index is 1.65. The SMILES string of the molecule is COc1ccc(OC[C@H]2c3cc(OC)c(OC)cc3CCN2C(=S)Nc2cc(OC)ccc2OC)cc1. The number of hydrogen-bond donors (Lipinski definition) is 1. The number of thiocarbonyl (C=S) groups is 1. The van der Waals surface area contributed by atoms with E-state index in [9.17, 15) is 0 Å². The number of nitrogens with zero attached hydrogens (tertiary/aromatic N) is 1. The largest absolute Gasteiger partial charge is 0.497 e. The summed E-state index contributed by atoms with van der Waals surface area (Å²) in [5, 5.41) is 3.91. The minimum atomic E-state index is -0.178. The third-order valence-electron chi connectivity index (χ3n) is 6.38. The van der Waals surface area contributed by atoms with Crippen molar-refractivity contribution in [1.29, 1.82) is 0 Å². The van der Waals surface area contributed by atoms with Gasteiger partial charge in [0.1, 0.15) is 29.6 Å². The Hall–Kier alpha value is -3.85. The van der Waals surface area contributed by atoms with Crippen molar-refractivity contribution in [1.82, 2.24) is 4.90 Å². The summed E-state index contributed by atoms with van der Waals surface area (Å²) in [5.41, 5.74) is 2.96. The van der Waals surface area contributed by atoms with Crippen molar-refractivity contribution >= 4 is 23.0 Å². The Morgan fingerprint density at radius 1 is 0.784 bits per heavy atom. The van der Waals surface area contributed by atoms with Gasteiger partial charge in [-0.1, -0.05) is 0 Å². The molecule has 0 fully saturated rings. The first-order valence-corrected chi connectivity index (χ1v) is 12.2. The maximum atomic E-state index is 6.24. The standard InChI is InChI=1S/C28H32N2O6S/c1-31-19-6-8-20(9-7-19)36-17-24-22-16-27(35-5)26(34-4)14-18(22)12-13-30(24)28(37)29-23-15-21(32-2)10-11-25(23)33-3/h6-11,14-16,24H,12-13,17H2,1-5H3,(H,29,37)/t24-/m0/s1. The predicted molar refractivity (Wildman–Crippen MR) is 147 cm³/mol. The highest BCUT2D eigenvalue weighted by Gasteiger charge is 2.32. The average molecular weight is 525 g/mol. The van der Waals surface area contributed by atoms with Crippen LogP contribution in [0.2, 0.25) is 0 Å². The smallest absolute Gasteiger partial charge is 0.174 e. The van der Waals surface area contributed by atoms with Gasteiger partial charge in [-0.05, 0) is 78.3 Å². The fraction of sp³-hybridized carbons (Fsp3) is 0.321. The highest BCUT2D eigenvalue weighted by Crippen LogP contribution is 2.39. The van der Waals surface area contributed by atoms with Crippen LogP contribution >= 0.6 is 12.2 Å². The molecule has 4 rings (SSSR count). The van der Waals surface area contributed by atoms with E-state index in [1.165, 1.54) is 5.56 Å². The van der Waals surface area contributed by atoms with Gasteiger partial charge in [0.25, 0.3) is 0 Å². The molecule has 0 spiro atoms. The Bertz CT molecular complexity index is 1230. The molecule has 3 aromatic rings. The molecular formula is C28H32N2O6S. The van der Waals surface area contributed by atoms with E-state index in [0.29, 0.717) is 41.3 Å². The maximum absolute atomic E-state index is 6.24. The number of anilines is 1. The molecule has 37 heavy (non-hydrogen) atoms. The monoisotopic (exact) mass is 524 g/mol. The number of benzene rings is 3. The number of nitrogens with one attached hydrogen (secondary N) is 1. The quantitative estimate of drug-likeness (QED) is 0.385. The molecule has 1 heterocycles. The molecule has 0 aliphatic carbocycles. The van der Waals surface area contributed by atoms with E-state index in [1.54, 1.807) is 35.5 Å². The van der Waals surface area contributed by atoms with Crippen LogP contribution in [0, 0.1) is 0 Å². The average Bonchev–Trinajstić information content (AvgIpc) is 2.95. The first-order chi connectivity index (χ1) is 18.0. The zero-order chi connectivity index (χ0) is 26.4. The normalized spacial score (nSPS) is 14.3. The molecule has 0 saturated heterocycles. The fourth-order valence-electron chi connectivity index (χ4n) is 4.40. The van der Waals surface area contributed by atoms with Gasteiger partial charge in [0, 0.05) is 12.6 Å². The molecule has 0 aromatic heterocycles. The van der Waals surface area contributed by atoms with Gasteiger partial charge in [0.15, 0.2) is 16.6 Å². The summed E-state index contributed by atoms with van der Waals surface area (Å²) >= 11 is 5.91. The van der Waals surface area contributed by atoms with Crippen LogP contribution < -0.4 is 33.7 Å². The lowest BCUT2D eigenvalue weighted by atomic mass is 9.92. The minimum Gasteiger partial charge on any atom is -0.497 e. The molecular weight excluding hydrogens is 492 g/mol. The Morgan fingerprint density at radius 2 is 1.41 bits per heavy atom. The zero-order valence-electron chi connectivity index (χ0n) is 21.7. The zero-order valence-corrected chi connectivity index (χ0v) is 22.5. The molecule has 0 radical (unpaired) electrons. The molecule has 1 N–H and O–H groups in total. The number of ether oxygens (including phenoxy) is 6. The van der Waals surface area contributed by atoms with Gasteiger partial charge >= 0.3 is 0 Å². The van der Waals surface area contributed by atoms with E-state index < -0.39 is 0 Å². The van der Waals surface area contributed by atoms with Crippen molar-refractivity contribution in [2.24, 2.45) is 0 Å². The summed E-state index contributed by atoms with van der Waals surface area (Å²) in [7, 11) is 8.16. The van der Waals surface area contributed by atoms with E-state index in [1.807, 2.05) is 54.6 Å². The van der Waals surface area contributed by atoms with Crippen LogP contribution in [0.25, 0.3) is 0 Å². The topological polar surface area (TPSA) is 70.7 Å². The van der Waals surface area contributed by atoms with Crippen molar-refractivity contribution in [3.05, 3.63) is 65.7 Å². The van der Waals surface area contributed by atoms with Crippen molar-refractivity contribution in [3.8, 4) is 34.5 Å². The summed E-state index contributed by atoms with van der Waals surface area (Å²) in [6.07, 6.45) is 0.784. The van der Waals surface area contributed by atoms with Gasteiger partial charge in [-0.25, -0.2) is 0 Å². The third-order valence-corrected chi connectivity index (χ3v) is 6.72. The van der Waals surface area contributed by atoms with Crippen LogP contribution in [-0.2, 0) is 6.42 Å². The number of hydrogen-bond acceptors (Lipinski definition) is 7. The molecule has 0 unspecified atom stereocenters. The van der Waals surface area contributed by atoms with E-state index in [0.717, 1.165) is 29.2 Å². The Labute approximate surface area is 223 Å². The van der Waals surface area contributed by atoms with Crippen LogP contribution in [0.15, 0.2) is 54.6 Å². The molecule has 1 aliphatic rings. The second-order valence-electron chi connectivity index (χ2n) is 8.35. The molecule has 0 amide bonds. The van der Waals surface area contributed by atoms with E-state index in [4.69, 9.17) is 40.6 Å².